The lowest BCUT2D eigenvalue weighted by Crippen LogP contribution is -2.24. The molecule has 0 bridgehead atoms. The van der Waals surface area contributed by atoms with E-state index in [1.165, 1.54) is 0 Å². The molecule has 14 heavy (non-hydrogen) atoms. The minimum atomic E-state index is 0.159. The molecular weight excluding hydrogens is 176 g/mol. The molecule has 3 N–H and O–H groups in total. The van der Waals surface area contributed by atoms with Crippen LogP contribution in [0.2, 0.25) is 0 Å². The molecule has 0 spiro atoms. The van der Waals surface area contributed by atoms with Crippen LogP contribution in [-0.4, -0.2) is 26.3 Å². The van der Waals surface area contributed by atoms with E-state index in [1.54, 1.807) is 7.11 Å². The predicted octanol–water partition coefficient (Wildman–Crippen LogP) is 1.46. The van der Waals surface area contributed by atoms with Gasteiger partial charge in [0.1, 0.15) is 0 Å². The van der Waals surface area contributed by atoms with Gasteiger partial charge in [-0.1, -0.05) is 18.2 Å². The van der Waals surface area contributed by atoms with E-state index in [-0.39, 0.29) is 6.10 Å². The maximum atomic E-state index is 5.51. The van der Waals surface area contributed by atoms with Gasteiger partial charge in [0.25, 0.3) is 0 Å². The molecule has 0 fully saturated rings. The van der Waals surface area contributed by atoms with Gasteiger partial charge in [0.2, 0.25) is 0 Å². The number of rotatable bonds is 6. The summed E-state index contributed by atoms with van der Waals surface area (Å²) in [6, 6.07) is 10.1. The van der Waals surface area contributed by atoms with Crippen LogP contribution in [0.25, 0.3) is 0 Å². The van der Waals surface area contributed by atoms with Crippen molar-refractivity contribution in [2.24, 2.45) is 5.73 Å². The molecule has 0 saturated carbocycles. The Morgan fingerprint density at radius 3 is 2.64 bits per heavy atom. The summed E-state index contributed by atoms with van der Waals surface area (Å²) < 4.78 is 5.17. The van der Waals surface area contributed by atoms with Crippen LogP contribution in [0.15, 0.2) is 30.3 Å². The monoisotopic (exact) mass is 194 g/mol. The number of ether oxygens (including phenoxy) is 1. The third-order valence-electron chi connectivity index (χ3n) is 2.17. The minimum absolute atomic E-state index is 0.159. The van der Waals surface area contributed by atoms with Crippen molar-refractivity contribution in [1.29, 1.82) is 0 Å². The lowest BCUT2D eigenvalue weighted by atomic mass is 10.2. The zero-order valence-corrected chi connectivity index (χ0v) is 8.57. The van der Waals surface area contributed by atoms with Crippen LogP contribution in [0.3, 0.4) is 0 Å². The Labute approximate surface area is 85.3 Å². The summed E-state index contributed by atoms with van der Waals surface area (Å²) in [6.07, 6.45) is 1.09. The zero-order chi connectivity index (χ0) is 10.2. The molecule has 3 heteroatoms. The van der Waals surface area contributed by atoms with Gasteiger partial charge in [-0.05, 0) is 18.6 Å². The van der Waals surface area contributed by atoms with Crippen molar-refractivity contribution in [1.82, 2.24) is 0 Å². The standard InChI is InChI=1S/C11H18N2O/c1-14-11(9-12)7-8-13-10-5-3-2-4-6-10/h2-6,11,13H,7-9,12H2,1H3. The molecule has 0 amide bonds. The van der Waals surface area contributed by atoms with E-state index >= 15 is 0 Å². The molecule has 0 aliphatic heterocycles. The second-order valence-corrected chi connectivity index (χ2v) is 3.17. The highest BCUT2D eigenvalue weighted by Gasteiger charge is 2.02. The largest absolute Gasteiger partial charge is 0.385 e. The van der Waals surface area contributed by atoms with Gasteiger partial charge < -0.3 is 15.8 Å². The number of hydrogen-bond donors (Lipinski definition) is 2. The highest BCUT2D eigenvalue weighted by molar-refractivity contribution is 5.42. The Balaban J connectivity index is 2.21. The molecule has 1 atom stereocenters. The first-order chi connectivity index (χ1) is 6.86. The van der Waals surface area contributed by atoms with Gasteiger partial charge in [0.15, 0.2) is 0 Å². The van der Waals surface area contributed by atoms with Crippen LogP contribution in [-0.2, 0) is 4.74 Å². The van der Waals surface area contributed by atoms with E-state index in [2.05, 4.69) is 5.32 Å². The predicted molar refractivity (Wildman–Crippen MR) is 59.4 cm³/mol. The fourth-order valence-corrected chi connectivity index (χ4v) is 1.27. The number of para-hydroxylation sites is 1. The average molecular weight is 194 g/mol. The quantitative estimate of drug-likeness (QED) is 0.720. The fourth-order valence-electron chi connectivity index (χ4n) is 1.27. The van der Waals surface area contributed by atoms with Crippen molar-refractivity contribution in [3.8, 4) is 0 Å². The molecule has 0 aliphatic rings. The Bertz CT molecular complexity index is 234. The summed E-state index contributed by atoms with van der Waals surface area (Å²) in [4.78, 5) is 0. The highest BCUT2D eigenvalue weighted by Crippen LogP contribution is 2.05. The van der Waals surface area contributed by atoms with Crippen molar-refractivity contribution in [2.45, 2.75) is 12.5 Å². The SMILES string of the molecule is COC(CN)CCNc1ccccc1. The first-order valence-electron chi connectivity index (χ1n) is 4.88. The van der Waals surface area contributed by atoms with E-state index in [0.29, 0.717) is 6.54 Å². The molecule has 0 heterocycles. The lowest BCUT2D eigenvalue weighted by molar-refractivity contribution is 0.105. The van der Waals surface area contributed by atoms with Gasteiger partial charge in [0.05, 0.1) is 6.10 Å². The number of nitrogens with one attached hydrogen (secondary N) is 1. The summed E-state index contributed by atoms with van der Waals surface area (Å²) in [5.74, 6) is 0. The first kappa shape index (κ1) is 11.0. The van der Waals surface area contributed by atoms with Crippen LogP contribution in [0.5, 0.6) is 0 Å². The maximum Gasteiger partial charge on any atom is 0.0710 e. The minimum Gasteiger partial charge on any atom is -0.385 e. The molecule has 1 rings (SSSR count). The van der Waals surface area contributed by atoms with Crippen molar-refractivity contribution in [3.63, 3.8) is 0 Å². The van der Waals surface area contributed by atoms with Gasteiger partial charge in [-0.25, -0.2) is 0 Å². The topological polar surface area (TPSA) is 47.3 Å². The molecule has 1 aromatic carbocycles. The van der Waals surface area contributed by atoms with E-state index in [4.69, 9.17) is 10.5 Å². The Hall–Kier alpha value is -1.06. The van der Waals surface area contributed by atoms with Gasteiger partial charge in [-0.2, -0.15) is 0 Å². The van der Waals surface area contributed by atoms with Crippen molar-refractivity contribution < 1.29 is 4.74 Å². The number of benzene rings is 1. The van der Waals surface area contributed by atoms with Crippen molar-refractivity contribution >= 4 is 5.69 Å². The molecule has 78 valence electrons. The zero-order valence-electron chi connectivity index (χ0n) is 8.57. The molecule has 0 saturated heterocycles. The molecule has 1 aromatic rings. The average Bonchev–Trinajstić information content (AvgIpc) is 2.26. The lowest BCUT2D eigenvalue weighted by Gasteiger charge is -2.13. The molecule has 0 aliphatic carbocycles. The third kappa shape index (κ3) is 3.77. The van der Waals surface area contributed by atoms with E-state index in [9.17, 15) is 0 Å². The van der Waals surface area contributed by atoms with Crippen LogP contribution >= 0.6 is 0 Å². The number of nitrogens with two attached hydrogens (primary N) is 1. The molecule has 3 nitrogen and oxygen atoms in total. The van der Waals surface area contributed by atoms with Crippen molar-refractivity contribution in [3.05, 3.63) is 30.3 Å². The summed E-state index contributed by atoms with van der Waals surface area (Å²) in [7, 11) is 1.69. The second-order valence-electron chi connectivity index (χ2n) is 3.17. The third-order valence-corrected chi connectivity index (χ3v) is 2.17. The first-order valence-corrected chi connectivity index (χ1v) is 4.88. The van der Waals surface area contributed by atoms with Gasteiger partial charge in [-0.15, -0.1) is 0 Å². The molecule has 1 unspecified atom stereocenters. The smallest absolute Gasteiger partial charge is 0.0710 e. The molecule has 0 radical (unpaired) electrons. The summed E-state index contributed by atoms with van der Waals surface area (Å²) in [5, 5.41) is 3.31. The fraction of sp³-hybridized carbons (Fsp3) is 0.455. The van der Waals surface area contributed by atoms with Crippen molar-refractivity contribution in [2.75, 3.05) is 25.5 Å². The molecule has 0 aromatic heterocycles. The second kappa shape index (κ2) is 6.40. The Morgan fingerprint density at radius 1 is 1.36 bits per heavy atom. The summed E-state index contributed by atoms with van der Waals surface area (Å²) in [6.45, 7) is 1.46. The maximum absolute atomic E-state index is 5.51. The van der Waals surface area contributed by atoms with E-state index in [1.807, 2.05) is 30.3 Å². The number of anilines is 1. The Kier molecular flexibility index (Phi) is 5.04. The van der Waals surface area contributed by atoms with Gasteiger partial charge >= 0.3 is 0 Å². The van der Waals surface area contributed by atoms with Crippen LogP contribution < -0.4 is 11.1 Å². The van der Waals surface area contributed by atoms with Gasteiger partial charge in [0, 0.05) is 25.9 Å². The number of hydrogen-bond acceptors (Lipinski definition) is 3. The molecular formula is C11H18N2O. The van der Waals surface area contributed by atoms with Gasteiger partial charge in [-0.3, -0.25) is 0 Å². The summed E-state index contributed by atoms with van der Waals surface area (Å²) in [5.41, 5.74) is 6.65. The van der Waals surface area contributed by atoms with Crippen LogP contribution in [0.1, 0.15) is 6.42 Å². The number of methoxy groups -OCH3 is 1. The normalized spacial score (nSPS) is 12.4. The van der Waals surface area contributed by atoms with E-state index < -0.39 is 0 Å². The van der Waals surface area contributed by atoms with E-state index in [0.717, 1.165) is 18.7 Å². The van der Waals surface area contributed by atoms with Crippen LogP contribution in [0, 0.1) is 0 Å². The van der Waals surface area contributed by atoms with Crippen LogP contribution in [0.4, 0.5) is 5.69 Å². The summed E-state index contributed by atoms with van der Waals surface area (Å²) >= 11 is 0. The highest BCUT2D eigenvalue weighted by atomic mass is 16.5. The Morgan fingerprint density at radius 2 is 2.07 bits per heavy atom.